The van der Waals surface area contributed by atoms with E-state index in [4.69, 9.17) is 9.47 Å². The van der Waals surface area contributed by atoms with Gasteiger partial charge < -0.3 is 19.4 Å². The van der Waals surface area contributed by atoms with Crippen LogP contribution in [0.1, 0.15) is 32.7 Å². The summed E-state index contributed by atoms with van der Waals surface area (Å²) in [6.07, 6.45) is -0.299. The number of carbonyl (C=O) groups is 1. The van der Waals surface area contributed by atoms with Crippen LogP contribution in [0.5, 0.6) is 11.5 Å². The molecule has 1 amide bonds. The molecule has 0 aliphatic rings. The standard InChI is InChI=1S/C23H28N4O3S/c1-16(2)14-27-22(17(3)30-20-12-10-19(29-4)11-13-20)25-26-23(27)31-15-21(28)24-18-8-6-5-7-9-18/h5-13,16-17H,14-15H2,1-4H3,(H,24,28). The molecule has 0 bridgehead atoms. The van der Waals surface area contributed by atoms with Crippen molar-refractivity contribution in [2.45, 2.75) is 38.6 Å². The third-order valence-corrected chi connectivity index (χ3v) is 5.39. The summed E-state index contributed by atoms with van der Waals surface area (Å²) in [5, 5.41) is 12.3. The van der Waals surface area contributed by atoms with Gasteiger partial charge in [0, 0.05) is 12.2 Å². The average Bonchev–Trinajstić information content (AvgIpc) is 3.15. The summed E-state index contributed by atoms with van der Waals surface area (Å²) in [6, 6.07) is 16.8. The molecule has 164 valence electrons. The van der Waals surface area contributed by atoms with Gasteiger partial charge in [0.2, 0.25) is 5.91 Å². The molecule has 1 unspecified atom stereocenters. The van der Waals surface area contributed by atoms with E-state index in [-0.39, 0.29) is 17.8 Å². The van der Waals surface area contributed by atoms with Crippen LogP contribution in [-0.4, -0.2) is 33.5 Å². The van der Waals surface area contributed by atoms with Gasteiger partial charge in [-0.2, -0.15) is 0 Å². The minimum Gasteiger partial charge on any atom is -0.497 e. The highest BCUT2D eigenvalue weighted by Crippen LogP contribution is 2.26. The normalized spacial score (nSPS) is 11.9. The SMILES string of the molecule is COc1ccc(OC(C)c2nnc(SCC(=O)Nc3ccccc3)n2CC(C)C)cc1. The minimum atomic E-state index is -0.299. The molecule has 1 N–H and O–H groups in total. The second-order valence-electron chi connectivity index (χ2n) is 7.48. The number of aromatic nitrogens is 3. The van der Waals surface area contributed by atoms with Gasteiger partial charge >= 0.3 is 0 Å². The summed E-state index contributed by atoms with van der Waals surface area (Å²) >= 11 is 1.37. The van der Waals surface area contributed by atoms with Crippen LogP contribution in [0.2, 0.25) is 0 Å². The molecule has 1 atom stereocenters. The second kappa shape index (κ2) is 10.9. The van der Waals surface area contributed by atoms with E-state index in [0.29, 0.717) is 11.1 Å². The third-order valence-electron chi connectivity index (χ3n) is 4.42. The Hall–Kier alpha value is -3.00. The number of rotatable bonds is 10. The molecule has 7 nitrogen and oxygen atoms in total. The fourth-order valence-electron chi connectivity index (χ4n) is 3.00. The Morgan fingerprint density at radius 3 is 2.35 bits per heavy atom. The fourth-order valence-corrected chi connectivity index (χ4v) is 3.76. The first-order chi connectivity index (χ1) is 15.0. The number of hydrogen-bond donors (Lipinski definition) is 1. The lowest BCUT2D eigenvalue weighted by molar-refractivity contribution is -0.113. The quantitative estimate of drug-likeness (QED) is 0.456. The molecular weight excluding hydrogens is 412 g/mol. The van der Waals surface area contributed by atoms with Crippen LogP contribution >= 0.6 is 11.8 Å². The summed E-state index contributed by atoms with van der Waals surface area (Å²) in [5.41, 5.74) is 0.777. The molecular formula is C23H28N4O3S. The lowest BCUT2D eigenvalue weighted by atomic mass is 10.2. The molecule has 8 heteroatoms. The number of para-hydroxylation sites is 1. The maximum Gasteiger partial charge on any atom is 0.234 e. The van der Waals surface area contributed by atoms with E-state index in [1.54, 1.807) is 7.11 Å². The number of nitrogens with zero attached hydrogens (tertiary/aromatic N) is 3. The molecule has 0 fully saturated rings. The Bertz CT molecular complexity index is 974. The molecule has 0 saturated heterocycles. The highest BCUT2D eigenvalue weighted by Gasteiger charge is 2.21. The zero-order valence-corrected chi connectivity index (χ0v) is 19.1. The molecule has 2 aromatic carbocycles. The van der Waals surface area contributed by atoms with Gasteiger partial charge in [0.1, 0.15) is 11.5 Å². The van der Waals surface area contributed by atoms with Crippen LogP contribution in [0, 0.1) is 5.92 Å². The first kappa shape index (κ1) is 22.7. The first-order valence-electron chi connectivity index (χ1n) is 10.2. The van der Waals surface area contributed by atoms with Gasteiger partial charge in [-0.05, 0) is 49.2 Å². The number of carbonyl (C=O) groups excluding carboxylic acids is 1. The Morgan fingerprint density at radius 1 is 1.03 bits per heavy atom. The van der Waals surface area contributed by atoms with Crippen LogP contribution in [0.3, 0.4) is 0 Å². The summed E-state index contributed by atoms with van der Waals surface area (Å²) in [6.45, 7) is 6.95. The number of anilines is 1. The summed E-state index contributed by atoms with van der Waals surface area (Å²) in [7, 11) is 1.63. The Balaban J connectivity index is 1.68. The van der Waals surface area contributed by atoms with Crippen molar-refractivity contribution in [3.63, 3.8) is 0 Å². The molecule has 3 rings (SSSR count). The van der Waals surface area contributed by atoms with Gasteiger partial charge in [-0.1, -0.05) is 43.8 Å². The van der Waals surface area contributed by atoms with E-state index in [1.807, 2.05) is 66.1 Å². The number of thioether (sulfide) groups is 1. The number of hydrogen-bond acceptors (Lipinski definition) is 6. The number of benzene rings is 2. The smallest absolute Gasteiger partial charge is 0.234 e. The second-order valence-corrected chi connectivity index (χ2v) is 8.43. The zero-order valence-electron chi connectivity index (χ0n) is 18.2. The van der Waals surface area contributed by atoms with Crippen molar-refractivity contribution in [3.8, 4) is 11.5 Å². The predicted octanol–water partition coefficient (Wildman–Crippen LogP) is 4.81. The topological polar surface area (TPSA) is 78.3 Å². The van der Waals surface area contributed by atoms with Crippen LogP contribution in [0.25, 0.3) is 0 Å². The van der Waals surface area contributed by atoms with Gasteiger partial charge in [-0.25, -0.2) is 0 Å². The van der Waals surface area contributed by atoms with Gasteiger partial charge in [-0.15, -0.1) is 10.2 Å². The van der Waals surface area contributed by atoms with E-state index >= 15 is 0 Å². The molecule has 1 aromatic heterocycles. The molecule has 0 aliphatic carbocycles. The van der Waals surface area contributed by atoms with Crippen molar-refractivity contribution in [2.75, 3.05) is 18.2 Å². The lowest BCUT2D eigenvalue weighted by Crippen LogP contribution is -2.17. The molecule has 3 aromatic rings. The summed E-state index contributed by atoms with van der Waals surface area (Å²) in [4.78, 5) is 12.3. The molecule has 0 aliphatic heterocycles. The fraction of sp³-hybridized carbons (Fsp3) is 0.348. The zero-order chi connectivity index (χ0) is 22.2. The van der Waals surface area contributed by atoms with E-state index in [1.165, 1.54) is 11.8 Å². The highest BCUT2D eigenvalue weighted by atomic mass is 32.2. The molecule has 1 heterocycles. The van der Waals surface area contributed by atoms with Crippen molar-refractivity contribution in [1.82, 2.24) is 14.8 Å². The summed E-state index contributed by atoms with van der Waals surface area (Å²) in [5.74, 6) is 2.79. The number of nitrogens with one attached hydrogen (secondary N) is 1. The minimum absolute atomic E-state index is 0.0839. The van der Waals surface area contributed by atoms with E-state index in [0.717, 1.165) is 29.6 Å². The van der Waals surface area contributed by atoms with E-state index < -0.39 is 0 Å². The van der Waals surface area contributed by atoms with Crippen LogP contribution in [0.15, 0.2) is 59.8 Å². The van der Waals surface area contributed by atoms with Crippen molar-refractivity contribution in [3.05, 3.63) is 60.4 Å². The maximum atomic E-state index is 12.3. The van der Waals surface area contributed by atoms with Gasteiger partial charge in [0.25, 0.3) is 0 Å². The Morgan fingerprint density at radius 2 is 1.71 bits per heavy atom. The molecule has 0 radical (unpaired) electrons. The van der Waals surface area contributed by atoms with Gasteiger partial charge in [0.05, 0.1) is 12.9 Å². The summed E-state index contributed by atoms with van der Waals surface area (Å²) < 4.78 is 13.3. The molecule has 0 spiro atoms. The highest BCUT2D eigenvalue weighted by molar-refractivity contribution is 7.99. The Kier molecular flexibility index (Phi) is 7.94. The van der Waals surface area contributed by atoms with E-state index in [9.17, 15) is 4.79 Å². The maximum absolute atomic E-state index is 12.3. The third kappa shape index (κ3) is 6.49. The van der Waals surface area contributed by atoms with E-state index in [2.05, 4.69) is 29.4 Å². The van der Waals surface area contributed by atoms with Crippen LogP contribution in [0.4, 0.5) is 5.69 Å². The van der Waals surface area contributed by atoms with Crippen molar-refractivity contribution in [1.29, 1.82) is 0 Å². The molecule has 0 saturated carbocycles. The number of amides is 1. The van der Waals surface area contributed by atoms with Crippen molar-refractivity contribution < 1.29 is 14.3 Å². The largest absolute Gasteiger partial charge is 0.497 e. The average molecular weight is 441 g/mol. The lowest BCUT2D eigenvalue weighted by Gasteiger charge is -2.18. The number of methoxy groups -OCH3 is 1. The van der Waals surface area contributed by atoms with Crippen LogP contribution in [-0.2, 0) is 11.3 Å². The molecule has 31 heavy (non-hydrogen) atoms. The van der Waals surface area contributed by atoms with Crippen molar-refractivity contribution >= 4 is 23.4 Å². The monoisotopic (exact) mass is 440 g/mol. The predicted molar refractivity (Wildman–Crippen MR) is 123 cm³/mol. The first-order valence-corrected chi connectivity index (χ1v) is 11.2. The van der Waals surface area contributed by atoms with Crippen LogP contribution < -0.4 is 14.8 Å². The van der Waals surface area contributed by atoms with Gasteiger partial charge in [0.15, 0.2) is 17.1 Å². The Labute approximate surface area is 187 Å². The number of ether oxygens (including phenoxy) is 2. The van der Waals surface area contributed by atoms with Gasteiger partial charge in [-0.3, -0.25) is 4.79 Å². The van der Waals surface area contributed by atoms with Crippen molar-refractivity contribution in [2.24, 2.45) is 5.92 Å².